The second-order valence-corrected chi connectivity index (χ2v) is 6.77. The first-order chi connectivity index (χ1) is 12.5. The largest absolute Gasteiger partial charge is 0.480 e. The van der Waals surface area contributed by atoms with Crippen molar-refractivity contribution in [2.45, 2.75) is 37.6 Å². The van der Waals surface area contributed by atoms with Crippen molar-refractivity contribution in [1.29, 1.82) is 0 Å². The number of ether oxygens (including phenoxy) is 3. The second kappa shape index (κ2) is 6.85. The second-order valence-electron chi connectivity index (χ2n) is 6.77. The van der Waals surface area contributed by atoms with E-state index in [-0.39, 0.29) is 18.1 Å². The molecule has 0 bridgehead atoms. The van der Waals surface area contributed by atoms with E-state index >= 15 is 0 Å². The number of hydrogen-bond donors (Lipinski definition) is 1. The number of halogens is 1. The first kappa shape index (κ1) is 17.2. The topological polar surface area (TPSA) is 77.1 Å². The molecule has 8 heteroatoms. The molecule has 3 fully saturated rings. The van der Waals surface area contributed by atoms with Crippen LogP contribution in [0, 0.1) is 5.82 Å². The average Bonchev–Trinajstić information content (AvgIpc) is 3.07. The number of amides is 2. The van der Waals surface area contributed by atoms with E-state index < -0.39 is 23.6 Å². The van der Waals surface area contributed by atoms with Gasteiger partial charge in [0.15, 0.2) is 11.9 Å². The quantitative estimate of drug-likeness (QED) is 0.816. The van der Waals surface area contributed by atoms with E-state index in [0.29, 0.717) is 51.3 Å². The minimum atomic E-state index is -0.774. The van der Waals surface area contributed by atoms with Crippen LogP contribution < -0.4 is 15.0 Å². The van der Waals surface area contributed by atoms with Crippen LogP contribution >= 0.6 is 0 Å². The van der Waals surface area contributed by atoms with Crippen molar-refractivity contribution >= 4 is 17.5 Å². The molecule has 3 aliphatic heterocycles. The van der Waals surface area contributed by atoms with Crippen molar-refractivity contribution in [1.82, 2.24) is 5.32 Å². The molecule has 0 aromatic heterocycles. The van der Waals surface area contributed by atoms with Crippen LogP contribution in [-0.2, 0) is 19.1 Å². The molecular formula is C18H21FN2O5. The lowest BCUT2D eigenvalue weighted by molar-refractivity contribution is -0.169. The van der Waals surface area contributed by atoms with E-state index in [1.165, 1.54) is 6.07 Å². The highest BCUT2D eigenvalue weighted by molar-refractivity contribution is 5.99. The molecular weight excluding hydrogens is 343 g/mol. The molecule has 7 nitrogen and oxygen atoms in total. The molecule has 3 heterocycles. The molecule has 1 aromatic rings. The van der Waals surface area contributed by atoms with Crippen molar-refractivity contribution in [3.63, 3.8) is 0 Å². The van der Waals surface area contributed by atoms with Gasteiger partial charge in [0.25, 0.3) is 5.91 Å². The maximum atomic E-state index is 14.6. The fraction of sp³-hybridized carbons (Fsp3) is 0.556. The number of rotatable bonds is 3. The zero-order valence-electron chi connectivity index (χ0n) is 14.3. The molecule has 3 aliphatic rings. The lowest BCUT2D eigenvalue weighted by Crippen LogP contribution is -2.46. The molecule has 4 rings (SSSR count). The number of carbonyl (C=O) groups excluding carboxylic acids is 2. The van der Waals surface area contributed by atoms with Crippen LogP contribution in [-0.4, -0.2) is 50.0 Å². The summed E-state index contributed by atoms with van der Waals surface area (Å²) in [6.45, 7) is 2.51. The molecule has 140 valence electrons. The SMILES string of the molecule is O=C1CCC(Oc2ccc(N3CCC4(CC3)OCCO4)c(F)c2)C(=O)N1. The van der Waals surface area contributed by atoms with Gasteiger partial charge in [-0.2, -0.15) is 0 Å². The summed E-state index contributed by atoms with van der Waals surface area (Å²) in [4.78, 5) is 24.9. The van der Waals surface area contributed by atoms with Crippen LogP contribution in [0.2, 0.25) is 0 Å². The third-order valence-electron chi connectivity index (χ3n) is 5.07. The van der Waals surface area contributed by atoms with Crippen molar-refractivity contribution in [3.05, 3.63) is 24.0 Å². The molecule has 1 unspecified atom stereocenters. The van der Waals surface area contributed by atoms with Crippen LogP contribution in [0.1, 0.15) is 25.7 Å². The lowest BCUT2D eigenvalue weighted by Gasteiger charge is -2.38. The average molecular weight is 364 g/mol. The van der Waals surface area contributed by atoms with Crippen LogP contribution in [0.5, 0.6) is 5.75 Å². The first-order valence-corrected chi connectivity index (χ1v) is 8.87. The third-order valence-corrected chi connectivity index (χ3v) is 5.07. The number of carbonyl (C=O) groups is 2. The highest BCUT2D eigenvalue weighted by Crippen LogP contribution is 2.34. The molecule has 0 radical (unpaired) electrons. The number of benzene rings is 1. The van der Waals surface area contributed by atoms with Crippen molar-refractivity contribution in [2.75, 3.05) is 31.2 Å². The van der Waals surface area contributed by atoms with Gasteiger partial charge in [0.1, 0.15) is 11.6 Å². The van der Waals surface area contributed by atoms with Gasteiger partial charge in [0.2, 0.25) is 5.91 Å². The Morgan fingerprint density at radius 2 is 1.92 bits per heavy atom. The predicted molar refractivity (Wildman–Crippen MR) is 89.3 cm³/mol. The fourth-order valence-electron chi connectivity index (χ4n) is 3.64. The van der Waals surface area contributed by atoms with Crippen LogP contribution in [0.4, 0.5) is 10.1 Å². The fourth-order valence-corrected chi connectivity index (χ4v) is 3.64. The Bertz CT molecular complexity index is 710. The maximum Gasteiger partial charge on any atom is 0.267 e. The van der Waals surface area contributed by atoms with Crippen LogP contribution in [0.15, 0.2) is 18.2 Å². The number of hydrogen-bond acceptors (Lipinski definition) is 6. The Hall–Kier alpha value is -2.19. The van der Waals surface area contributed by atoms with Gasteiger partial charge in [-0.25, -0.2) is 4.39 Å². The summed E-state index contributed by atoms with van der Waals surface area (Å²) in [7, 11) is 0. The van der Waals surface area contributed by atoms with Crippen LogP contribution in [0.3, 0.4) is 0 Å². The van der Waals surface area contributed by atoms with Crippen LogP contribution in [0.25, 0.3) is 0 Å². The van der Waals surface area contributed by atoms with E-state index in [1.54, 1.807) is 12.1 Å². The summed E-state index contributed by atoms with van der Waals surface area (Å²) in [6, 6.07) is 4.59. The van der Waals surface area contributed by atoms with Gasteiger partial charge in [0, 0.05) is 44.8 Å². The van der Waals surface area contributed by atoms with Gasteiger partial charge in [-0.05, 0) is 12.1 Å². The summed E-state index contributed by atoms with van der Waals surface area (Å²) >= 11 is 0. The first-order valence-electron chi connectivity index (χ1n) is 8.87. The smallest absolute Gasteiger partial charge is 0.267 e. The zero-order valence-corrected chi connectivity index (χ0v) is 14.3. The highest BCUT2D eigenvalue weighted by atomic mass is 19.1. The number of piperidine rings is 2. The van der Waals surface area contributed by atoms with Gasteiger partial charge in [-0.15, -0.1) is 0 Å². The monoisotopic (exact) mass is 364 g/mol. The van der Waals surface area contributed by atoms with Gasteiger partial charge in [-0.1, -0.05) is 0 Å². The molecule has 3 saturated heterocycles. The van der Waals surface area contributed by atoms with E-state index in [9.17, 15) is 14.0 Å². The Morgan fingerprint density at radius 1 is 1.19 bits per heavy atom. The van der Waals surface area contributed by atoms with E-state index in [0.717, 1.165) is 0 Å². The zero-order chi connectivity index (χ0) is 18.1. The molecule has 1 spiro atoms. The van der Waals surface area contributed by atoms with Gasteiger partial charge < -0.3 is 19.1 Å². The summed E-state index contributed by atoms with van der Waals surface area (Å²) < 4.78 is 31.5. The molecule has 1 aromatic carbocycles. The molecule has 0 saturated carbocycles. The van der Waals surface area contributed by atoms with Crippen molar-refractivity contribution in [3.8, 4) is 5.75 Å². The summed E-state index contributed by atoms with van der Waals surface area (Å²) in [6.07, 6.45) is 1.13. The third kappa shape index (κ3) is 3.39. The number of anilines is 1. The molecule has 1 N–H and O–H groups in total. The van der Waals surface area contributed by atoms with E-state index in [2.05, 4.69) is 5.32 Å². The van der Waals surface area contributed by atoms with Gasteiger partial charge in [0.05, 0.1) is 18.9 Å². The number of nitrogens with zero attached hydrogens (tertiary/aromatic N) is 1. The van der Waals surface area contributed by atoms with Crippen molar-refractivity contribution in [2.24, 2.45) is 0 Å². The molecule has 2 amide bonds. The minimum absolute atomic E-state index is 0.219. The molecule has 0 aliphatic carbocycles. The summed E-state index contributed by atoms with van der Waals surface area (Å²) in [5.74, 6) is -1.42. The Labute approximate surface area is 150 Å². The Balaban J connectivity index is 1.40. The summed E-state index contributed by atoms with van der Waals surface area (Å²) in [5, 5.41) is 2.22. The van der Waals surface area contributed by atoms with Gasteiger partial charge >= 0.3 is 0 Å². The number of nitrogens with one attached hydrogen (secondary N) is 1. The Kier molecular flexibility index (Phi) is 4.54. The maximum absolute atomic E-state index is 14.6. The summed E-state index contributed by atoms with van der Waals surface area (Å²) in [5.41, 5.74) is 0.494. The van der Waals surface area contributed by atoms with E-state index in [4.69, 9.17) is 14.2 Å². The van der Waals surface area contributed by atoms with Gasteiger partial charge in [-0.3, -0.25) is 14.9 Å². The standard InChI is InChI=1S/C18H21FN2O5/c19-13-11-12(26-15-3-4-16(22)20-17(15)23)1-2-14(13)21-7-5-18(6-8-21)24-9-10-25-18/h1-2,11,15H,3-10H2,(H,20,22,23). The van der Waals surface area contributed by atoms with E-state index in [1.807, 2.05) is 4.90 Å². The number of imide groups is 1. The predicted octanol–water partition coefficient (Wildman–Crippen LogP) is 1.35. The molecule has 26 heavy (non-hydrogen) atoms. The highest BCUT2D eigenvalue weighted by Gasteiger charge is 2.40. The lowest BCUT2D eigenvalue weighted by atomic mass is 10.0. The Morgan fingerprint density at radius 3 is 2.58 bits per heavy atom. The van der Waals surface area contributed by atoms with Crippen molar-refractivity contribution < 1.29 is 28.2 Å². The minimum Gasteiger partial charge on any atom is -0.480 e. The normalized spacial score (nSPS) is 25.4. The molecule has 1 atom stereocenters.